The van der Waals surface area contributed by atoms with Crippen molar-refractivity contribution in [2.75, 3.05) is 0 Å². The summed E-state index contributed by atoms with van der Waals surface area (Å²) in [5.41, 5.74) is 4.44. The Kier molecular flexibility index (Phi) is 7.34. The fourth-order valence-corrected chi connectivity index (χ4v) is 5.15. The van der Waals surface area contributed by atoms with E-state index >= 15 is 0 Å². The van der Waals surface area contributed by atoms with Crippen LogP contribution in [0.4, 0.5) is 13.2 Å². The Labute approximate surface area is 189 Å². The highest BCUT2D eigenvalue weighted by Gasteiger charge is 2.24. The summed E-state index contributed by atoms with van der Waals surface area (Å²) in [7, 11) is 0. The van der Waals surface area contributed by atoms with Gasteiger partial charge in [0.2, 0.25) is 0 Å². The third-order valence-electron chi connectivity index (χ3n) is 7.10. The minimum atomic E-state index is -1.40. The Balaban J connectivity index is 1.27. The van der Waals surface area contributed by atoms with E-state index in [1.165, 1.54) is 43.2 Å². The average molecular weight is 437 g/mol. The van der Waals surface area contributed by atoms with Crippen LogP contribution in [-0.2, 0) is 12.8 Å². The number of halogens is 3. The van der Waals surface area contributed by atoms with Crippen molar-refractivity contribution >= 4 is 0 Å². The molecule has 32 heavy (non-hydrogen) atoms. The van der Waals surface area contributed by atoms with E-state index in [2.05, 4.69) is 61.5 Å². The molecule has 3 aromatic carbocycles. The molecule has 0 amide bonds. The molecule has 3 aromatic rings. The first-order valence-electron chi connectivity index (χ1n) is 11.8. The van der Waals surface area contributed by atoms with Crippen molar-refractivity contribution in [2.24, 2.45) is 5.92 Å². The van der Waals surface area contributed by atoms with Crippen LogP contribution in [0.1, 0.15) is 73.1 Å². The molecule has 0 N–H and O–H groups in total. The summed E-state index contributed by atoms with van der Waals surface area (Å²) < 4.78 is 39.9. The quantitative estimate of drug-likeness (QED) is 0.326. The fourth-order valence-electron chi connectivity index (χ4n) is 5.15. The number of hydrogen-bond acceptors (Lipinski definition) is 0. The number of hydrogen-bond donors (Lipinski definition) is 0. The SMILES string of the molecule is CC(CC1CCC(c2ccc(CCc3cc(F)c(F)c(F)c3)cc2)CC1)c1ccccc1. The number of benzene rings is 3. The van der Waals surface area contributed by atoms with Gasteiger partial charge in [-0.25, -0.2) is 13.2 Å². The van der Waals surface area contributed by atoms with Gasteiger partial charge in [-0.3, -0.25) is 0 Å². The molecule has 168 valence electrons. The van der Waals surface area contributed by atoms with E-state index in [4.69, 9.17) is 0 Å². The second-order valence-corrected chi connectivity index (χ2v) is 9.38. The maximum atomic E-state index is 13.4. The molecule has 0 aliphatic heterocycles. The lowest BCUT2D eigenvalue weighted by Crippen LogP contribution is -2.15. The van der Waals surface area contributed by atoms with Gasteiger partial charge in [0.1, 0.15) is 0 Å². The fraction of sp³-hybridized carbons (Fsp3) is 0.379. The van der Waals surface area contributed by atoms with Gasteiger partial charge in [-0.2, -0.15) is 0 Å². The molecule has 0 saturated heterocycles. The third kappa shape index (κ3) is 5.62. The van der Waals surface area contributed by atoms with E-state index in [-0.39, 0.29) is 0 Å². The highest BCUT2D eigenvalue weighted by Crippen LogP contribution is 2.39. The Bertz CT molecular complexity index is 979. The monoisotopic (exact) mass is 436 g/mol. The lowest BCUT2D eigenvalue weighted by molar-refractivity contribution is 0.297. The molecule has 3 heteroatoms. The van der Waals surface area contributed by atoms with Crippen LogP contribution in [-0.4, -0.2) is 0 Å². The third-order valence-corrected chi connectivity index (χ3v) is 7.10. The normalized spacial score (nSPS) is 19.6. The molecule has 0 nitrogen and oxygen atoms in total. The molecule has 0 spiro atoms. The molecule has 0 bridgehead atoms. The van der Waals surface area contributed by atoms with Crippen molar-refractivity contribution in [1.29, 1.82) is 0 Å². The molecule has 0 radical (unpaired) electrons. The Morgan fingerprint density at radius 3 is 1.97 bits per heavy atom. The van der Waals surface area contributed by atoms with Crippen LogP contribution in [0, 0.1) is 23.4 Å². The molecule has 1 saturated carbocycles. The largest absolute Gasteiger partial charge is 0.204 e. The zero-order valence-corrected chi connectivity index (χ0v) is 18.7. The van der Waals surface area contributed by atoms with Crippen molar-refractivity contribution in [1.82, 2.24) is 0 Å². The van der Waals surface area contributed by atoms with Gasteiger partial charge in [0, 0.05) is 0 Å². The van der Waals surface area contributed by atoms with Gasteiger partial charge < -0.3 is 0 Å². The second kappa shape index (κ2) is 10.4. The molecule has 1 atom stereocenters. The van der Waals surface area contributed by atoms with Crippen LogP contribution < -0.4 is 0 Å². The van der Waals surface area contributed by atoms with Crippen molar-refractivity contribution in [3.63, 3.8) is 0 Å². The van der Waals surface area contributed by atoms with Crippen LogP contribution in [0.3, 0.4) is 0 Å². The van der Waals surface area contributed by atoms with Crippen LogP contribution >= 0.6 is 0 Å². The predicted octanol–water partition coefficient (Wildman–Crippen LogP) is 8.36. The van der Waals surface area contributed by atoms with Crippen molar-refractivity contribution in [3.8, 4) is 0 Å². The summed E-state index contributed by atoms with van der Waals surface area (Å²) in [6, 6.07) is 21.6. The minimum absolute atomic E-state index is 0.480. The smallest absolute Gasteiger partial charge is 0.194 e. The maximum Gasteiger partial charge on any atom is 0.194 e. The predicted molar refractivity (Wildman–Crippen MR) is 124 cm³/mol. The van der Waals surface area contributed by atoms with E-state index < -0.39 is 17.5 Å². The molecule has 0 heterocycles. The number of rotatable bonds is 7. The van der Waals surface area contributed by atoms with Gasteiger partial charge in [0.15, 0.2) is 17.5 Å². The van der Waals surface area contributed by atoms with Crippen LogP contribution in [0.15, 0.2) is 66.7 Å². The minimum Gasteiger partial charge on any atom is -0.204 e. The molecule has 0 aromatic heterocycles. The molecule has 1 fully saturated rings. The van der Waals surface area contributed by atoms with Crippen molar-refractivity contribution < 1.29 is 13.2 Å². The van der Waals surface area contributed by atoms with E-state index in [1.54, 1.807) is 0 Å². The highest BCUT2D eigenvalue weighted by atomic mass is 19.2. The summed E-state index contributed by atoms with van der Waals surface area (Å²) in [5, 5.41) is 0. The lowest BCUT2D eigenvalue weighted by Gasteiger charge is -2.30. The van der Waals surface area contributed by atoms with Gasteiger partial charge in [-0.1, -0.05) is 61.5 Å². The second-order valence-electron chi connectivity index (χ2n) is 9.38. The van der Waals surface area contributed by atoms with Crippen LogP contribution in [0.5, 0.6) is 0 Å². The van der Waals surface area contributed by atoms with Crippen molar-refractivity contribution in [3.05, 3.63) is 106 Å². The first-order chi connectivity index (χ1) is 15.5. The Morgan fingerprint density at radius 2 is 1.34 bits per heavy atom. The molecule has 1 aliphatic carbocycles. The zero-order chi connectivity index (χ0) is 22.5. The van der Waals surface area contributed by atoms with Gasteiger partial charge in [-0.15, -0.1) is 0 Å². The Hall–Kier alpha value is -2.55. The highest BCUT2D eigenvalue weighted by molar-refractivity contribution is 5.28. The average Bonchev–Trinajstić information content (AvgIpc) is 2.82. The molecule has 4 rings (SSSR count). The van der Waals surface area contributed by atoms with E-state index in [1.807, 2.05) is 0 Å². The molecular formula is C29H31F3. The zero-order valence-electron chi connectivity index (χ0n) is 18.7. The van der Waals surface area contributed by atoms with E-state index in [9.17, 15) is 13.2 Å². The summed E-state index contributed by atoms with van der Waals surface area (Å²) in [6.45, 7) is 2.34. The first-order valence-corrected chi connectivity index (χ1v) is 11.8. The Morgan fingerprint density at radius 1 is 0.750 bits per heavy atom. The molecular weight excluding hydrogens is 405 g/mol. The maximum absolute atomic E-state index is 13.4. The lowest BCUT2D eigenvalue weighted by atomic mass is 9.75. The van der Waals surface area contributed by atoms with Gasteiger partial charge >= 0.3 is 0 Å². The topological polar surface area (TPSA) is 0 Å². The molecule has 1 aliphatic rings. The van der Waals surface area contributed by atoms with Gasteiger partial charge in [0.25, 0.3) is 0 Å². The first kappa shape index (κ1) is 22.6. The van der Waals surface area contributed by atoms with Gasteiger partial charge in [0.05, 0.1) is 0 Å². The summed E-state index contributed by atoms with van der Waals surface area (Å²) in [6.07, 6.45) is 7.46. The summed E-state index contributed by atoms with van der Waals surface area (Å²) in [5.74, 6) is -1.61. The van der Waals surface area contributed by atoms with Gasteiger partial charge in [-0.05, 0) is 97.1 Å². The van der Waals surface area contributed by atoms with Crippen LogP contribution in [0.25, 0.3) is 0 Å². The van der Waals surface area contributed by atoms with Crippen molar-refractivity contribution in [2.45, 2.75) is 63.7 Å². The van der Waals surface area contributed by atoms with E-state index in [0.29, 0.717) is 30.2 Å². The molecule has 1 unspecified atom stereocenters. The van der Waals surface area contributed by atoms with Crippen LogP contribution in [0.2, 0.25) is 0 Å². The standard InChI is InChI=1S/C29H31F3/c1-20(24-5-3-2-4-6-24)17-22-11-15-26(16-12-22)25-13-9-21(10-14-25)7-8-23-18-27(30)29(32)28(31)19-23/h2-6,9-10,13-14,18-20,22,26H,7-8,11-12,15-17H2,1H3. The van der Waals surface area contributed by atoms with E-state index in [0.717, 1.165) is 23.6 Å². The summed E-state index contributed by atoms with van der Waals surface area (Å²) in [4.78, 5) is 0. The summed E-state index contributed by atoms with van der Waals surface area (Å²) >= 11 is 0. The number of aryl methyl sites for hydroxylation is 2.